The Labute approximate surface area is 577 Å². The molecule has 1 aliphatic heterocycles. The van der Waals surface area contributed by atoms with E-state index in [-0.39, 0.29) is 11.2 Å². The molecule has 474 valence electrons. The predicted octanol–water partition coefficient (Wildman–Crippen LogP) is 20.8. The van der Waals surface area contributed by atoms with E-state index >= 15 is 4.57 Å². The minimum Gasteiger partial charge on any atom is -0.399 e. The lowest BCUT2D eigenvalue weighted by Crippen LogP contribution is -2.41. The van der Waals surface area contributed by atoms with Crippen molar-refractivity contribution >= 4 is 79.0 Å². The molecule has 1 saturated heterocycles. The van der Waals surface area contributed by atoms with Crippen LogP contribution in [0.3, 0.4) is 0 Å². The van der Waals surface area contributed by atoms with Crippen LogP contribution in [-0.4, -0.2) is 38.3 Å². The summed E-state index contributed by atoms with van der Waals surface area (Å²) in [5, 5.41) is 9.30. The van der Waals surface area contributed by atoms with E-state index in [1.165, 1.54) is 33.0 Å². The van der Waals surface area contributed by atoms with Gasteiger partial charge in [0.15, 0.2) is 13.0 Å². The van der Waals surface area contributed by atoms with Gasteiger partial charge in [0.1, 0.15) is 0 Å². The molecule has 0 unspecified atom stereocenters. The quantitative estimate of drug-likeness (QED) is 0.0684. The highest BCUT2D eigenvalue weighted by Gasteiger charge is 2.52. The molecular formula is C90H68BN4O3P. The average molecular weight is 1300 g/mol. The van der Waals surface area contributed by atoms with Crippen LogP contribution in [0.2, 0.25) is 0 Å². The third kappa shape index (κ3) is 11.9. The van der Waals surface area contributed by atoms with Gasteiger partial charge in [-0.05, 0) is 84.7 Å². The Hall–Kier alpha value is -11.5. The Bertz CT molecular complexity index is 5620. The molecule has 1 aliphatic rings. The third-order valence-electron chi connectivity index (χ3n) is 19.5. The van der Waals surface area contributed by atoms with E-state index in [1.54, 1.807) is 0 Å². The standard InChI is InChI=1S/C59H40N3OP.C31H28BNO2/c63-64(48-23-12-4-13-24-48,49-25-14-5-15-26-49)50-36-33-44(34-37-50)55-40-54(61-59(62-55)46-21-10-3-11-22-46)43-31-29-41(30-32-43)47-35-38-52-56(39-47)60-58(45-19-8-2-9-20-45)53-28-16-27-51(57(52)53)42-17-6-1-7-18-42;1-30(2)31(3,4)35-32(34-30)23-18-19-25-27(20-23)33-29(22-14-9-6-10-15-22)26-17-11-16-24(28(25)26)21-12-7-5-8-13-21/h1-40H;5-20H,1-4H3. The molecule has 9 heteroatoms. The van der Waals surface area contributed by atoms with Gasteiger partial charge in [-0.2, -0.15) is 0 Å². The van der Waals surface area contributed by atoms with Crippen LogP contribution in [0.5, 0.6) is 0 Å². The molecule has 16 aromatic rings. The van der Waals surface area contributed by atoms with Crippen LogP contribution in [-0.2, 0) is 13.9 Å². The van der Waals surface area contributed by atoms with Gasteiger partial charge in [-0.25, -0.2) is 19.9 Å². The van der Waals surface area contributed by atoms with Crippen molar-refractivity contribution < 1.29 is 13.9 Å². The summed E-state index contributed by atoms with van der Waals surface area (Å²) >= 11 is 0. The molecule has 0 saturated carbocycles. The molecule has 0 amide bonds. The van der Waals surface area contributed by atoms with Gasteiger partial charge in [-0.15, -0.1) is 0 Å². The summed E-state index contributed by atoms with van der Waals surface area (Å²) in [4.78, 5) is 20.8. The minimum absolute atomic E-state index is 0.390. The Morgan fingerprint density at radius 3 is 1.11 bits per heavy atom. The predicted molar refractivity (Wildman–Crippen MR) is 413 cm³/mol. The Morgan fingerprint density at radius 1 is 0.293 bits per heavy atom. The molecule has 0 radical (unpaired) electrons. The maximum atomic E-state index is 15.1. The number of hydrogen-bond donors (Lipinski definition) is 0. The van der Waals surface area contributed by atoms with E-state index in [0.717, 1.165) is 116 Å². The van der Waals surface area contributed by atoms with Gasteiger partial charge in [-0.3, -0.25) is 0 Å². The lowest BCUT2D eigenvalue weighted by atomic mass is 9.78. The van der Waals surface area contributed by atoms with E-state index in [2.05, 4.69) is 234 Å². The zero-order chi connectivity index (χ0) is 67.1. The van der Waals surface area contributed by atoms with Crippen LogP contribution in [0.1, 0.15) is 27.7 Å². The summed E-state index contributed by atoms with van der Waals surface area (Å²) in [7, 11) is -3.55. The van der Waals surface area contributed by atoms with Gasteiger partial charge in [0.05, 0.1) is 45.0 Å². The average Bonchev–Trinajstić information content (AvgIpc) is 1.12. The summed E-state index contributed by atoms with van der Waals surface area (Å²) in [5.41, 5.74) is 17.6. The van der Waals surface area contributed by atoms with E-state index in [9.17, 15) is 0 Å². The molecule has 1 fully saturated rings. The molecule has 17 rings (SSSR count). The number of fused-ring (bicyclic) bond motifs is 6. The molecule has 4 heterocycles. The molecular weight excluding hydrogens is 1230 g/mol. The monoisotopic (exact) mass is 1290 g/mol. The maximum Gasteiger partial charge on any atom is 0.494 e. The molecule has 0 spiro atoms. The first kappa shape index (κ1) is 62.3. The number of aromatic nitrogens is 4. The SMILES string of the molecule is CC1(C)OB(c2ccc3c(c2)nc(-c2ccccc2)c2cccc(-c4ccccc4)c23)OC1(C)C.O=P(c1ccccc1)(c1ccccc1)c1ccc(-c2cc(-c3ccc(-c4ccc5c(c4)nc(-c4ccccc4)c4cccc(-c6ccccc6)c45)cc3)nc(-c3ccccc3)n2)cc1. The normalized spacial score (nSPS) is 13.4. The van der Waals surface area contributed by atoms with Crippen LogP contribution >= 0.6 is 7.14 Å². The highest BCUT2D eigenvalue weighted by atomic mass is 31.2. The zero-order valence-electron chi connectivity index (χ0n) is 55.4. The summed E-state index contributed by atoms with van der Waals surface area (Å²) in [6, 6.07) is 116. The summed E-state index contributed by atoms with van der Waals surface area (Å²) < 4.78 is 27.8. The van der Waals surface area contributed by atoms with Crippen molar-refractivity contribution in [3.05, 3.63) is 340 Å². The van der Waals surface area contributed by atoms with Gasteiger partial charge < -0.3 is 13.9 Å². The smallest absolute Gasteiger partial charge is 0.399 e. The highest BCUT2D eigenvalue weighted by Crippen LogP contribution is 2.45. The Kier molecular flexibility index (Phi) is 16.5. The van der Waals surface area contributed by atoms with Gasteiger partial charge in [0.25, 0.3) is 0 Å². The third-order valence-corrected chi connectivity index (χ3v) is 22.6. The van der Waals surface area contributed by atoms with Crippen LogP contribution in [0, 0.1) is 0 Å². The first-order chi connectivity index (χ1) is 48.4. The molecule has 99 heavy (non-hydrogen) atoms. The molecule has 7 nitrogen and oxygen atoms in total. The van der Waals surface area contributed by atoms with Crippen molar-refractivity contribution in [3.63, 3.8) is 0 Å². The van der Waals surface area contributed by atoms with E-state index in [4.69, 9.17) is 29.2 Å². The van der Waals surface area contributed by atoms with Crippen molar-refractivity contribution in [3.8, 4) is 89.8 Å². The Morgan fingerprint density at radius 2 is 0.657 bits per heavy atom. The van der Waals surface area contributed by atoms with Crippen molar-refractivity contribution in [2.75, 3.05) is 0 Å². The van der Waals surface area contributed by atoms with Crippen molar-refractivity contribution in [2.45, 2.75) is 38.9 Å². The topological polar surface area (TPSA) is 87.1 Å². The number of hydrogen-bond acceptors (Lipinski definition) is 7. The second-order valence-electron chi connectivity index (χ2n) is 26.2. The van der Waals surface area contributed by atoms with Gasteiger partial charge in [-0.1, -0.05) is 322 Å². The van der Waals surface area contributed by atoms with Crippen LogP contribution in [0.25, 0.3) is 133 Å². The largest absolute Gasteiger partial charge is 0.494 e. The van der Waals surface area contributed by atoms with Crippen molar-refractivity contribution in [1.82, 2.24) is 19.9 Å². The fourth-order valence-corrected chi connectivity index (χ4v) is 16.3. The van der Waals surface area contributed by atoms with E-state index < -0.39 is 14.3 Å². The maximum absolute atomic E-state index is 15.1. The van der Waals surface area contributed by atoms with E-state index in [0.29, 0.717) is 5.82 Å². The number of nitrogens with zero attached hydrogens (tertiary/aromatic N) is 4. The van der Waals surface area contributed by atoms with Crippen LogP contribution in [0.15, 0.2) is 340 Å². The molecule has 0 aliphatic carbocycles. The fraction of sp³-hybridized carbons (Fsp3) is 0.0667. The lowest BCUT2D eigenvalue weighted by Gasteiger charge is -2.32. The van der Waals surface area contributed by atoms with Gasteiger partial charge >= 0.3 is 7.12 Å². The lowest BCUT2D eigenvalue weighted by molar-refractivity contribution is 0.00578. The Balaban J connectivity index is 0.000000184. The van der Waals surface area contributed by atoms with Gasteiger partial charge in [0.2, 0.25) is 0 Å². The first-order valence-corrected chi connectivity index (χ1v) is 35.3. The van der Waals surface area contributed by atoms with Crippen molar-refractivity contribution in [2.24, 2.45) is 0 Å². The van der Waals surface area contributed by atoms with E-state index in [1.807, 2.05) is 133 Å². The molecule has 13 aromatic carbocycles. The van der Waals surface area contributed by atoms with Crippen LogP contribution in [0.4, 0.5) is 0 Å². The van der Waals surface area contributed by atoms with Crippen molar-refractivity contribution in [1.29, 1.82) is 0 Å². The van der Waals surface area contributed by atoms with Crippen LogP contribution < -0.4 is 21.4 Å². The summed E-state index contributed by atoms with van der Waals surface area (Å²) in [6.45, 7) is 8.33. The second kappa shape index (κ2) is 26.1. The minimum atomic E-state index is -3.13. The number of rotatable bonds is 12. The fourth-order valence-electron chi connectivity index (χ4n) is 13.6. The zero-order valence-corrected chi connectivity index (χ0v) is 56.3. The molecule has 0 atom stereocenters. The molecule has 0 bridgehead atoms. The number of pyridine rings is 2. The summed E-state index contributed by atoms with van der Waals surface area (Å²) in [6.07, 6.45) is 0. The first-order valence-electron chi connectivity index (χ1n) is 33.6. The molecule has 3 aromatic heterocycles. The number of benzene rings is 13. The second-order valence-corrected chi connectivity index (χ2v) is 28.9. The highest BCUT2D eigenvalue weighted by molar-refractivity contribution is 7.85. The van der Waals surface area contributed by atoms with Gasteiger partial charge in [0, 0.05) is 76.0 Å². The summed E-state index contributed by atoms with van der Waals surface area (Å²) in [5.74, 6) is 0.636. The molecule has 0 N–H and O–H groups in total.